The van der Waals surface area contributed by atoms with Crippen molar-refractivity contribution in [3.05, 3.63) is 34.9 Å². The third-order valence-corrected chi connectivity index (χ3v) is 3.66. The number of rotatable bonds is 2. The Kier molecular flexibility index (Phi) is 5.38. The standard InChI is InChI=1S/C17H21NO3/c1-3-16-12-18(8-10-21-16)17(20)15-7-6-14(5-4-9-19)13(2)11-15/h6-7,11,16,19H,3,8-10,12H2,1-2H3. The van der Waals surface area contributed by atoms with Crippen LogP contribution in [0.4, 0.5) is 0 Å². The molecule has 1 heterocycles. The molecule has 1 amide bonds. The number of hydrogen-bond acceptors (Lipinski definition) is 3. The quantitative estimate of drug-likeness (QED) is 0.840. The van der Waals surface area contributed by atoms with Gasteiger partial charge in [-0.2, -0.15) is 0 Å². The third-order valence-electron chi connectivity index (χ3n) is 3.66. The van der Waals surface area contributed by atoms with E-state index in [-0.39, 0.29) is 18.6 Å². The summed E-state index contributed by atoms with van der Waals surface area (Å²) in [4.78, 5) is 14.4. The summed E-state index contributed by atoms with van der Waals surface area (Å²) in [5.41, 5.74) is 2.47. The van der Waals surface area contributed by atoms with E-state index in [0.717, 1.165) is 17.5 Å². The topological polar surface area (TPSA) is 49.8 Å². The Bertz CT molecular complexity index is 571. The van der Waals surface area contributed by atoms with Gasteiger partial charge < -0.3 is 14.7 Å². The van der Waals surface area contributed by atoms with Crippen molar-refractivity contribution in [2.75, 3.05) is 26.3 Å². The molecule has 1 aliphatic heterocycles. The molecule has 0 saturated carbocycles. The molecule has 2 rings (SSSR count). The first kappa shape index (κ1) is 15.6. The Morgan fingerprint density at radius 1 is 1.52 bits per heavy atom. The summed E-state index contributed by atoms with van der Waals surface area (Å²) >= 11 is 0. The normalized spacial score (nSPS) is 18.0. The molecule has 21 heavy (non-hydrogen) atoms. The van der Waals surface area contributed by atoms with Gasteiger partial charge in [0.1, 0.15) is 6.61 Å². The van der Waals surface area contributed by atoms with Crippen LogP contribution < -0.4 is 0 Å². The van der Waals surface area contributed by atoms with Crippen LogP contribution in [-0.2, 0) is 4.74 Å². The van der Waals surface area contributed by atoms with Gasteiger partial charge in [0.05, 0.1) is 12.7 Å². The lowest BCUT2D eigenvalue weighted by molar-refractivity contribution is -0.0226. The Morgan fingerprint density at radius 3 is 3.00 bits per heavy atom. The minimum absolute atomic E-state index is 0.0431. The van der Waals surface area contributed by atoms with Crippen LogP contribution in [0.15, 0.2) is 18.2 Å². The highest BCUT2D eigenvalue weighted by atomic mass is 16.5. The van der Waals surface area contributed by atoms with Crippen LogP contribution in [0.2, 0.25) is 0 Å². The lowest BCUT2D eigenvalue weighted by atomic mass is 10.0. The molecule has 0 spiro atoms. The molecule has 1 N–H and O–H groups in total. The van der Waals surface area contributed by atoms with Crippen LogP contribution in [0, 0.1) is 18.8 Å². The van der Waals surface area contributed by atoms with Gasteiger partial charge in [0, 0.05) is 24.2 Å². The highest BCUT2D eigenvalue weighted by Crippen LogP contribution is 2.15. The van der Waals surface area contributed by atoms with Gasteiger partial charge in [-0.15, -0.1) is 0 Å². The summed E-state index contributed by atoms with van der Waals surface area (Å²) in [6, 6.07) is 5.50. The number of carbonyl (C=O) groups is 1. The number of hydrogen-bond donors (Lipinski definition) is 1. The molecule has 1 aromatic rings. The largest absolute Gasteiger partial charge is 0.384 e. The van der Waals surface area contributed by atoms with Gasteiger partial charge >= 0.3 is 0 Å². The molecule has 0 radical (unpaired) electrons. The molecule has 1 saturated heterocycles. The maximum absolute atomic E-state index is 12.5. The average molecular weight is 287 g/mol. The number of carbonyl (C=O) groups excluding carboxylic acids is 1. The molecule has 1 aliphatic rings. The first-order chi connectivity index (χ1) is 10.2. The molecule has 1 atom stereocenters. The van der Waals surface area contributed by atoms with Gasteiger partial charge in [0.25, 0.3) is 5.91 Å². The monoisotopic (exact) mass is 287 g/mol. The van der Waals surface area contributed by atoms with Crippen LogP contribution in [-0.4, -0.2) is 48.3 Å². The molecule has 1 fully saturated rings. The summed E-state index contributed by atoms with van der Waals surface area (Å²) in [5.74, 6) is 5.55. The molecule has 0 bridgehead atoms. The third kappa shape index (κ3) is 3.84. The Labute approximate surface area is 125 Å². The van der Waals surface area contributed by atoms with E-state index in [2.05, 4.69) is 18.8 Å². The smallest absolute Gasteiger partial charge is 0.254 e. The van der Waals surface area contributed by atoms with Crippen LogP contribution in [0.1, 0.15) is 34.8 Å². The van der Waals surface area contributed by atoms with Crippen LogP contribution in [0.3, 0.4) is 0 Å². The Morgan fingerprint density at radius 2 is 2.33 bits per heavy atom. The van der Waals surface area contributed by atoms with Crippen LogP contribution in [0.25, 0.3) is 0 Å². The van der Waals surface area contributed by atoms with Crippen molar-refractivity contribution in [3.8, 4) is 11.8 Å². The zero-order valence-corrected chi connectivity index (χ0v) is 12.6. The maximum Gasteiger partial charge on any atom is 0.254 e. The van der Waals surface area contributed by atoms with E-state index in [0.29, 0.717) is 25.3 Å². The Balaban J connectivity index is 2.14. The fraction of sp³-hybridized carbons (Fsp3) is 0.471. The zero-order chi connectivity index (χ0) is 15.2. The predicted molar refractivity (Wildman–Crippen MR) is 81.1 cm³/mol. The molecule has 112 valence electrons. The van der Waals surface area contributed by atoms with Gasteiger partial charge in [0.15, 0.2) is 0 Å². The van der Waals surface area contributed by atoms with Gasteiger partial charge in [-0.25, -0.2) is 0 Å². The second kappa shape index (κ2) is 7.26. The minimum Gasteiger partial charge on any atom is -0.384 e. The number of ether oxygens (including phenoxy) is 1. The summed E-state index contributed by atoms with van der Waals surface area (Å²) in [7, 11) is 0. The lowest BCUT2D eigenvalue weighted by Crippen LogP contribution is -2.45. The SMILES string of the molecule is CCC1CN(C(=O)c2ccc(C#CCO)c(C)c2)CCO1. The first-order valence-electron chi connectivity index (χ1n) is 7.27. The van der Waals surface area contributed by atoms with Gasteiger partial charge in [-0.3, -0.25) is 4.79 Å². The van der Waals surface area contributed by atoms with Crippen molar-refractivity contribution in [3.63, 3.8) is 0 Å². The number of nitrogens with zero attached hydrogens (tertiary/aromatic N) is 1. The number of benzene rings is 1. The zero-order valence-electron chi connectivity index (χ0n) is 12.6. The fourth-order valence-electron chi connectivity index (χ4n) is 2.41. The summed E-state index contributed by atoms with van der Waals surface area (Å²) in [6.45, 7) is 5.72. The highest BCUT2D eigenvalue weighted by molar-refractivity contribution is 5.94. The highest BCUT2D eigenvalue weighted by Gasteiger charge is 2.24. The fourth-order valence-corrected chi connectivity index (χ4v) is 2.41. The van der Waals surface area contributed by atoms with E-state index >= 15 is 0 Å². The second-order valence-electron chi connectivity index (χ2n) is 5.14. The molecule has 4 heteroatoms. The summed E-state index contributed by atoms with van der Waals surface area (Å²) in [5, 5.41) is 8.73. The van der Waals surface area contributed by atoms with Crippen molar-refractivity contribution < 1.29 is 14.6 Å². The second-order valence-corrected chi connectivity index (χ2v) is 5.14. The average Bonchev–Trinajstić information content (AvgIpc) is 2.53. The predicted octanol–water partition coefficient (Wildman–Crippen LogP) is 1.59. The number of amides is 1. The maximum atomic E-state index is 12.5. The minimum atomic E-state index is -0.160. The van der Waals surface area contributed by atoms with Crippen molar-refractivity contribution in [2.24, 2.45) is 0 Å². The molecule has 1 unspecified atom stereocenters. The van der Waals surface area contributed by atoms with E-state index in [4.69, 9.17) is 9.84 Å². The van der Waals surface area contributed by atoms with E-state index in [9.17, 15) is 4.79 Å². The molecule has 0 aromatic heterocycles. The van der Waals surface area contributed by atoms with Crippen LogP contribution >= 0.6 is 0 Å². The number of aliphatic hydroxyl groups excluding tert-OH is 1. The lowest BCUT2D eigenvalue weighted by Gasteiger charge is -2.32. The molecule has 4 nitrogen and oxygen atoms in total. The van der Waals surface area contributed by atoms with Crippen molar-refractivity contribution >= 4 is 5.91 Å². The van der Waals surface area contributed by atoms with Crippen LogP contribution in [0.5, 0.6) is 0 Å². The number of aliphatic hydroxyl groups is 1. The summed E-state index contributed by atoms with van der Waals surface area (Å²) < 4.78 is 5.59. The van der Waals surface area contributed by atoms with E-state index < -0.39 is 0 Å². The van der Waals surface area contributed by atoms with E-state index in [1.165, 1.54) is 0 Å². The Hall–Kier alpha value is -1.83. The molecule has 0 aliphatic carbocycles. The molecular formula is C17H21NO3. The van der Waals surface area contributed by atoms with Gasteiger partial charge in [0.2, 0.25) is 0 Å². The van der Waals surface area contributed by atoms with Gasteiger partial charge in [-0.1, -0.05) is 18.8 Å². The summed E-state index contributed by atoms with van der Waals surface area (Å²) in [6.07, 6.45) is 1.05. The molecule has 1 aromatic carbocycles. The van der Waals surface area contributed by atoms with E-state index in [1.807, 2.05) is 24.0 Å². The number of morpholine rings is 1. The van der Waals surface area contributed by atoms with Gasteiger partial charge in [-0.05, 0) is 37.1 Å². The van der Waals surface area contributed by atoms with Crippen molar-refractivity contribution in [1.82, 2.24) is 4.90 Å². The number of aryl methyl sites for hydroxylation is 1. The van der Waals surface area contributed by atoms with Crippen molar-refractivity contribution in [1.29, 1.82) is 0 Å². The molecular weight excluding hydrogens is 266 g/mol. The van der Waals surface area contributed by atoms with Crippen molar-refractivity contribution in [2.45, 2.75) is 26.4 Å². The van der Waals surface area contributed by atoms with E-state index in [1.54, 1.807) is 6.07 Å². The first-order valence-corrected chi connectivity index (χ1v) is 7.27.